The van der Waals surface area contributed by atoms with Crippen molar-refractivity contribution in [2.24, 2.45) is 0 Å². The number of benzene rings is 1. The molecule has 0 fully saturated rings. The van der Waals surface area contributed by atoms with Gasteiger partial charge >= 0.3 is 0 Å². The van der Waals surface area contributed by atoms with Crippen LogP contribution in [-0.2, 0) is 22.7 Å². The molecular weight excluding hydrogens is 238 g/mol. The van der Waals surface area contributed by atoms with Gasteiger partial charge in [0.2, 0.25) is 0 Å². The van der Waals surface area contributed by atoms with Crippen molar-refractivity contribution in [2.75, 3.05) is 12.4 Å². The first-order chi connectivity index (χ1) is 7.88. The molecule has 0 saturated heterocycles. The number of thiol groups is 1. The lowest BCUT2D eigenvalue weighted by atomic mass is 9.78. The van der Waals surface area contributed by atoms with Gasteiger partial charge in [0.05, 0.1) is 5.88 Å². The number of hydrogen-bond donors (Lipinski definition) is 2. The second-order valence-electron chi connectivity index (χ2n) is 5.19. The van der Waals surface area contributed by atoms with Gasteiger partial charge in [-0.05, 0) is 23.3 Å². The lowest BCUT2D eigenvalue weighted by Gasteiger charge is -2.39. The molecule has 0 aliphatic carbocycles. The Morgan fingerprint density at radius 3 is 2.76 bits per heavy atom. The van der Waals surface area contributed by atoms with E-state index in [0.717, 1.165) is 11.1 Å². The van der Waals surface area contributed by atoms with Gasteiger partial charge in [0, 0.05) is 18.5 Å². The molecule has 1 aliphatic rings. The van der Waals surface area contributed by atoms with Crippen molar-refractivity contribution >= 4 is 10.7 Å². The van der Waals surface area contributed by atoms with Crippen molar-refractivity contribution in [1.82, 2.24) is 4.90 Å². The van der Waals surface area contributed by atoms with Crippen molar-refractivity contribution in [3.05, 3.63) is 29.3 Å². The third-order valence-electron chi connectivity index (χ3n) is 3.15. The maximum Gasteiger partial charge on any atom is 0.153 e. The maximum atomic E-state index is 10.8. The van der Waals surface area contributed by atoms with Gasteiger partial charge < -0.3 is 5.11 Å². The maximum absolute atomic E-state index is 10.8. The molecule has 0 amide bonds. The molecule has 0 aromatic heterocycles. The molecule has 0 spiro atoms. The van der Waals surface area contributed by atoms with E-state index < -0.39 is 10.7 Å². The Balaban J connectivity index is 2.37. The fourth-order valence-corrected chi connectivity index (χ4v) is 3.06. The van der Waals surface area contributed by atoms with Crippen LogP contribution in [0.15, 0.2) is 18.2 Å². The van der Waals surface area contributed by atoms with Crippen molar-refractivity contribution in [2.45, 2.75) is 25.8 Å². The van der Waals surface area contributed by atoms with Crippen molar-refractivity contribution < 1.29 is 13.5 Å². The summed E-state index contributed by atoms with van der Waals surface area (Å²) in [4.78, 5) is 1.92. The molecule has 0 atom stereocenters. The van der Waals surface area contributed by atoms with Crippen molar-refractivity contribution in [3.63, 3.8) is 0 Å². The van der Waals surface area contributed by atoms with Crippen LogP contribution in [0.4, 0.5) is 0 Å². The lowest BCUT2D eigenvalue weighted by molar-refractivity contribution is 0.223. The SMILES string of the molecule is CC1(C)CN(C[SH](=O)=O)Cc2ccc(O)cc21. The van der Waals surface area contributed by atoms with Gasteiger partial charge in [-0.2, -0.15) is 0 Å². The molecule has 1 aromatic rings. The van der Waals surface area contributed by atoms with E-state index in [1.54, 1.807) is 12.1 Å². The summed E-state index contributed by atoms with van der Waals surface area (Å²) in [7, 11) is -2.38. The highest BCUT2D eigenvalue weighted by atomic mass is 32.2. The van der Waals surface area contributed by atoms with Gasteiger partial charge in [0.25, 0.3) is 0 Å². The Morgan fingerprint density at radius 2 is 2.12 bits per heavy atom. The summed E-state index contributed by atoms with van der Waals surface area (Å²) in [5.41, 5.74) is 2.06. The summed E-state index contributed by atoms with van der Waals surface area (Å²) < 4.78 is 21.6. The third-order valence-corrected chi connectivity index (χ3v) is 3.78. The number of phenolic OH excluding ortho intramolecular Hbond substituents is 1. The fourth-order valence-electron chi connectivity index (χ4n) is 2.54. The molecule has 1 aliphatic heterocycles. The van der Waals surface area contributed by atoms with Crippen molar-refractivity contribution in [1.29, 1.82) is 0 Å². The van der Waals surface area contributed by atoms with Gasteiger partial charge in [-0.15, -0.1) is 0 Å². The fraction of sp³-hybridized carbons (Fsp3) is 0.500. The lowest BCUT2D eigenvalue weighted by Crippen LogP contribution is -2.42. The second kappa shape index (κ2) is 4.31. The predicted octanol–water partition coefficient (Wildman–Crippen LogP) is 1.05. The minimum absolute atomic E-state index is 0.0963. The molecule has 94 valence electrons. The average Bonchev–Trinajstić information content (AvgIpc) is 2.17. The van der Waals surface area contributed by atoms with Crippen molar-refractivity contribution in [3.8, 4) is 5.75 Å². The van der Waals surface area contributed by atoms with Crippen LogP contribution in [0.25, 0.3) is 0 Å². The number of phenols is 1. The number of fused-ring (bicyclic) bond motifs is 1. The topological polar surface area (TPSA) is 57.6 Å². The Bertz CT molecular complexity index is 500. The molecule has 1 heterocycles. The largest absolute Gasteiger partial charge is 0.508 e. The minimum atomic E-state index is -2.38. The highest BCUT2D eigenvalue weighted by molar-refractivity contribution is 7.72. The molecule has 1 N–H and O–H groups in total. The monoisotopic (exact) mass is 255 g/mol. The zero-order valence-corrected chi connectivity index (χ0v) is 10.9. The normalized spacial score (nSPS) is 19.2. The van der Waals surface area contributed by atoms with Crippen LogP contribution in [0.2, 0.25) is 0 Å². The first-order valence-electron chi connectivity index (χ1n) is 5.55. The molecule has 0 bridgehead atoms. The van der Waals surface area contributed by atoms with Crippen LogP contribution >= 0.6 is 0 Å². The van der Waals surface area contributed by atoms with Crippen LogP contribution in [0.5, 0.6) is 5.75 Å². The Labute approximate surface area is 103 Å². The van der Waals surface area contributed by atoms with E-state index in [0.29, 0.717) is 13.1 Å². The molecule has 5 heteroatoms. The van der Waals surface area contributed by atoms with E-state index in [4.69, 9.17) is 0 Å². The Hall–Kier alpha value is -1.07. The van der Waals surface area contributed by atoms with Crippen LogP contribution in [-0.4, -0.2) is 30.8 Å². The van der Waals surface area contributed by atoms with Crippen LogP contribution in [0.1, 0.15) is 25.0 Å². The smallest absolute Gasteiger partial charge is 0.153 e. The third kappa shape index (κ3) is 2.61. The van der Waals surface area contributed by atoms with E-state index in [-0.39, 0.29) is 17.0 Å². The molecule has 17 heavy (non-hydrogen) atoms. The predicted molar refractivity (Wildman–Crippen MR) is 66.7 cm³/mol. The van der Waals surface area contributed by atoms with E-state index in [1.807, 2.05) is 11.0 Å². The summed E-state index contributed by atoms with van der Waals surface area (Å²) in [6.07, 6.45) is 0. The highest BCUT2D eigenvalue weighted by Crippen LogP contribution is 2.35. The standard InChI is InChI=1S/C12H17NO3S/c1-12(2)7-13(8-17(15)16)6-9-3-4-10(14)5-11(9)12/h3-5,14,17H,6-8H2,1-2H3. The van der Waals surface area contributed by atoms with E-state index in [2.05, 4.69) is 13.8 Å². The zero-order chi connectivity index (χ0) is 12.6. The highest BCUT2D eigenvalue weighted by Gasteiger charge is 2.31. The zero-order valence-electron chi connectivity index (χ0n) is 10.0. The first-order valence-corrected chi connectivity index (χ1v) is 6.91. The molecule has 0 saturated carbocycles. The summed E-state index contributed by atoms with van der Waals surface area (Å²) >= 11 is 0. The second-order valence-corrected chi connectivity index (χ2v) is 6.13. The van der Waals surface area contributed by atoms with Gasteiger partial charge in [-0.25, -0.2) is 8.42 Å². The van der Waals surface area contributed by atoms with Gasteiger partial charge in [-0.3, -0.25) is 4.90 Å². The molecule has 0 radical (unpaired) electrons. The van der Waals surface area contributed by atoms with E-state index in [1.165, 1.54) is 0 Å². The summed E-state index contributed by atoms with van der Waals surface area (Å²) in [6.45, 7) is 5.44. The number of hydrogen-bond acceptors (Lipinski definition) is 4. The quantitative estimate of drug-likeness (QED) is 0.776. The van der Waals surface area contributed by atoms with E-state index in [9.17, 15) is 13.5 Å². The summed E-state index contributed by atoms with van der Waals surface area (Å²) in [5.74, 6) is 0.360. The number of nitrogens with zero attached hydrogens (tertiary/aromatic N) is 1. The summed E-state index contributed by atoms with van der Waals surface area (Å²) in [5, 5.41) is 9.52. The van der Waals surface area contributed by atoms with E-state index >= 15 is 0 Å². The Morgan fingerprint density at radius 1 is 1.41 bits per heavy atom. The molecule has 0 unspecified atom stereocenters. The molecule has 1 aromatic carbocycles. The van der Waals surface area contributed by atoms with Crippen LogP contribution in [0.3, 0.4) is 0 Å². The average molecular weight is 255 g/mol. The summed E-state index contributed by atoms with van der Waals surface area (Å²) in [6, 6.07) is 5.30. The molecule has 4 nitrogen and oxygen atoms in total. The Kier molecular flexibility index (Phi) is 3.14. The van der Waals surface area contributed by atoms with Gasteiger partial charge in [-0.1, -0.05) is 19.9 Å². The first kappa shape index (κ1) is 12.4. The van der Waals surface area contributed by atoms with Gasteiger partial charge in [0.15, 0.2) is 10.7 Å². The van der Waals surface area contributed by atoms with Gasteiger partial charge in [0.1, 0.15) is 5.75 Å². The number of rotatable bonds is 2. The molecular formula is C12H17NO3S. The number of aromatic hydroxyl groups is 1. The minimum Gasteiger partial charge on any atom is -0.508 e. The van der Waals surface area contributed by atoms with Crippen LogP contribution < -0.4 is 0 Å². The van der Waals surface area contributed by atoms with Crippen LogP contribution in [0, 0.1) is 0 Å². The molecule has 2 rings (SSSR count).